The second-order valence-electron chi connectivity index (χ2n) is 1.73. The second kappa shape index (κ2) is 8.08. The van der Waals surface area contributed by atoms with Crippen LogP contribution >= 0.6 is 11.8 Å². The maximum atomic E-state index is 10.1. The topological polar surface area (TPSA) is 63.3 Å². The molecule has 0 aromatic rings. The molecule has 3 nitrogen and oxygen atoms in total. The van der Waals surface area contributed by atoms with Crippen molar-refractivity contribution in [1.82, 2.24) is 0 Å². The van der Waals surface area contributed by atoms with E-state index in [-0.39, 0.29) is 35.6 Å². The van der Waals surface area contributed by atoms with E-state index in [1.54, 1.807) is 11.8 Å². The van der Waals surface area contributed by atoms with Crippen LogP contribution in [0.3, 0.4) is 0 Å². The van der Waals surface area contributed by atoms with Gasteiger partial charge in [-0.1, -0.05) is 0 Å². The molecule has 1 radical (unpaired) electrons. The molecular weight excluding hydrogens is 277 g/mol. The van der Waals surface area contributed by atoms with Crippen LogP contribution in [0.4, 0.5) is 0 Å². The van der Waals surface area contributed by atoms with Gasteiger partial charge in [0.15, 0.2) is 0 Å². The van der Waals surface area contributed by atoms with Crippen LogP contribution in [0.15, 0.2) is 0 Å². The predicted molar refractivity (Wildman–Crippen MR) is 38.6 cm³/mol. The van der Waals surface area contributed by atoms with Gasteiger partial charge in [-0.05, 0) is 18.4 Å². The first kappa shape index (κ1) is 13.6. The first-order chi connectivity index (χ1) is 4.18. The molecule has 5 heteroatoms. The molecule has 0 aliphatic rings. The van der Waals surface area contributed by atoms with E-state index in [4.69, 9.17) is 10.8 Å². The molecule has 0 rings (SSSR count). The summed E-state index contributed by atoms with van der Waals surface area (Å²) in [6, 6.07) is -0.683. The Hall–Kier alpha value is 0.975. The second-order valence-corrected chi connectivity index (χ2v) is 2.71. The maximum Gasteiger partial charge on any atom is 0.320 e. The summed E-state index contributed by atoms with van der Waals surface area (Å²) in [6.07, 6.45) is 2.48. The molecule has 0 bridgehead atoms. The molecule has 0 aromatic carbocycles. The van der Waals surface area contributed by atoms with Gasteiger partial charge in [-0.25, -0.2) is 0 Å². The molecule has 3 N–H and O–H groups in total. The average molecular weight is 288 g/mol. The summed E-state index contributed by atoms with van der Waals surface area (Å²) in [4.78, 5) is 10.1. The van der Waals surface area contributed by atoms with E-state index in [2.05, 4.69) is 0 Å². The van der Waals surface area contributed by atoms with Crippen LogP contribution in [0.1, 0.15) is 6.42 Å². The van der Waals surface area contributed by atoms with Gasteiger partial charge in [0.2, 0.25) is 0 Å². The Bertz CT molecular complexity index is 102. The number of carboxylic acids is 1. The molecule has 0 saturated heterocycles. The van der Waals surface area contributed by atoms with Gasteiger partial charge in [0.1, 0.15) is 6.04 Å². The zero-order chi connectivity index (χ0) is 7.28. The summed E-state index contributed by atoms with van der Waals surface area (Å²) in [5, 5.41) is 8.27. The van der Waals surface area contributed by atoms with Gasteiger partial charge in [0.05, 0.1) is 0 Å². The molecule has 57 valence electrons. The number of carboxylic acid groups (broad SMARTS) is 1. The van der Waals surface area contributed by atoms with Crippen molar-refractivity contribution in [3.05, 3.63) is 0 Å². The van der Waals surface area contributed by atoms with Crippen LogP contribution in [-0.2, 0) is 4.79 Å². The quantitative estimate of drug-likeness (QED) is 0.773. The number of nitrogens with two attached hydrogens (primary N) is 1. The number of carbonyl (C=O) groups is 1. The normalized spacial score (nSPS) is 11.8. The third-order valence-corrected chi connectivity index (χ3v) is 1.59. The summed E-state index contributed by atoms with van der Waals surface area (Å²) < 4.78 is 0. The Kier molecular flexibility index (Phi) is 10.9. The molecule has 10 heavy (non-hydrogen) atoms. The van der Waals surface area contributed by atoms with Crippen LogP contribution in [0, 0.1) is 35.6 Å². The zero-order valence-electron chi connectivity index (χ0n) is 5.91. The molecule has 0 aliphatic heterocycles. The van der Waals surface area contributed by atoms with E-state index in [0.717, 1.165) is 5.75 Å². The van der Waals surface area contributed by atoms with Crippen LogP contribution in [0.5, 0.6) is 0 Å². The van der Waals surface area contributed by atoms with Gasteiger partial charge in [0, 0.05) is 35.6 Å². The number of hydrogen-bond donors (Lipinski definition) is 2. The van der Waals surface area contributed by atoms with Crippen molar-refractivity contribution < 1.29 is 45.5 Å². The minimum absolute atomic E-state index is 0. The molecule has 1 unspecified atom stereocenters. The minimum atomic E-state index is -0.913. The Balaban J connectivity index is 0. The number of aliphatic carboxylic acids is 1. The molecule has 0 aromatic heterocycles. The van der Waals surface area contributed by atoms with Crippen molar-refractivity contribution >= 4 is 17.7 Å². The summed E-state index contributed by atoms with van der Waals surface area (Å²) >= 11 is 1.60. The van der Waals surface area contributed by atoms with Gasteiger partial charge < -0.3 is 10.8 Å². The van der Waals surface area contributed by atoms with Gasteiger partial charge in [0.25, 0.3) is 0 Å². The van der Waals surface area contributed by atoms with Crippen LogP contribution in [-0.4, -0.2) is 29.1 Å². The summed E-state index contributed by atoms with van der Waals surface area (Å²) in [7, 11) is 0. The monoisotopic (exact) mass is 288 g/mol. The summed E-state index contributed by atoms with van der Waals surface area (Å²) in [5.41, 5.74) is 5.19. The fraction of sp³-hybridized carbons (Fsp3) is 0.800. The fourth-order valence-electron chi connectivity index (χ4n) is 0.368. The fourth-order valence-corrected chi connectivity index (χ4v) is 0.858. The van der Waals surface area contributed by atoms with Crippen molar-refractivity contribution in [1.29, 1.82) is 0 Å². The Morgan fingerprint density at radius 3 is 2.60 bits per heavy atom. The van der Waals surface area contributed by atoms with E-state index in [1.165, 1.54) is 0 Å². The Labute approximate surface area is 92.7 Å². The van der Waals surface area contributed by atoms with Crippen LogP contribution < -0.4 is 5.73 Å². The average Bonchev–Trinajstić information content (AvgIpc) is 1.82. The molecule has 0 aliphatic carbocycles. The minimum Gasteiger partial charge on any atom is -0.480 e. The van der Waals surface area contributed by atoms with Gasteiger partial charge in [-0.15, -0.1) is 0 Å². The zero-order valence-corrected chi connectivity index (χ0v) is 10.4. The first-order valence-electron chi connectivity index (χ1n) is 2.65. The van der Waals surface area contributed by atoms with E-state index >= 15 is 0 Å². The number of rotatable bonds is 4. The van der Waals surface area contributed by atoms with Crippen LogP contribution in [0.25, 0.3) is 0 Å². The van der Waals surface area contributed by atoms with Crippen molar-refractivity contribution in [2.24, 2.45) is 5.73 Å². The molecule has 1 atom stereocenters. The van der Waals surface area contributed by atoms with Crippen molar-refractivity contribution in [2.75, 3.05) is 12.0 Å². The first-order valence-corrected chi connectivity index (χ1v) is 4.05. The van der Waals surface area contributed by atoms with Gasteiger partial charge >= 0.3 is 5.97 Å². The molecule has 0 saturated carbocycles. The molecule has 0 fully saturated rings. The van der Waals surface area contributed by atoms with Gasteiger partial charge in [-0.3, -0.25) is 4.79 Å². The Morgan fingerprint density at radius 1 is 1.80 bits per heavy atom. The van der Waals surface area contributed by atoms with Crippen LogP contribution in [0.2, 0.25) is 0 Å². The maximum absolute atomic E-state index is 10.1. The number of thioether (sulfide) groups is 1. The van der Waals surface area contributed by atoms with Gasteiger partial charge in [-0.2, -0.15) is 11.8 Å². The number of hydrogen-bond acceptors (Lipinski definition) is 3. The third-order valence-electron chi connectivity index (χ3n) is 0.950. The third kappa shape index (κ3) is 7.09. The molecule has 0 amide bonds. The van der Waals surface area contributed by atoms with E-state index in [0.29, 0.717) is 6.42 Å². The SMILES string of the molecule is CSCCC(N)C(=O)O.[La]. The smallest absolute Gasteiger partial charge is 0.320 e. The molecular formula is C5H11LaNO2S. The molecule has 0 spiro atoms. The predicted octanol–water partition coefficient (Wildman–Crippen LogP) is 0.151. The van der Waals surface area contributed by atoms with Crippen molar-refractivity contribution in [2.45, 2.75) is 12.5 Å². The van der Waals surface area contributed by atoms with Crippen molar-refractivity contribution in [3.8, 4) is 0 Å². The van der Waals surface area contributed by atoms with E-state index < -0.39 is 12.0 Å². The largest absolute Gasteiger partial charge is 0.480 e. The Morgan fingerprint density at radius 2 is 2.30 bits per heavy atom. The van der Waals surface area contributed by atoms with E-state index in [9.17, 15) is 4.79 Å². The van der Waals surface area contributed by atoms with Crippen molar-refractivity contribution in [3.63, 3.8) is 0 Å². The summed E-state index contributed by atoms with van der Waals surface area (Å²) in [5.74, 6) is -0.1000. The van der Waals surface area contributed by atoms with E-state index in [1.807, 2.05) is 6.26 Å². The standard InChI is InChI=1S/C5H11NO2S.La/c1-9-3-2-4(6)5(7)8;/h4H,2-3,6H2,1H3,(H,7,8);. The molecule has 0 heterocycles. The summed E-state index contributed by atoms with van der Waals surface area (Å²) in [6.45, 7) is 0.